The van der Waals surface area contributed by atoms with E-state index < -0.39 is 0 Å². The molecule has 112 valence electrons. The van der Waals surface area contributed by atoms with Crippen LogP contribution in [0.1, 0.15) is 18.9 Å². The van der Waals surface area contributed by atoms with Crippen LogP contribution in [0.3, 0.4) is 0 Å². The molecule has 1 heterocycles. The quantitative estimate of drug-likeness (QED) is 0.732. The van der Waals surface area contributed by atoms with Crippen molar-refractivity contribution in [3.8, 4) is 0 Å². The first-order valence-corrected chi connectivity index (χ1v) is 8.59. The average molecular weight is 322 g/mol. The Balaban J connectivity index is 1.70. The standard InChI is InChI=1S/C14H18N4OS2/c1-2-8-15-13-17-18-14(21-13)20-10-12(19)16-9-11-6-4-3-5-7-11/h3-7H,2,8-10H2,1H3,(H,15,17)(H,16,19). The molecule has 0 unspecified atom stereocenters. The summed E-state index contributed by atoms with van der Waals surface area (Å²) < 4.78 is 0.809. The lowest BCUT2D eigenvalue weighted by atomic mass is 10.2. The van der Waals surface area contributed by atoms with Crippen LogP contribution in [0, 0.1) is 0 Å². The number of carbonyl (C=O) groups excluding carboxylic acids is 1. The highest BCUT2D eigenvalue weighted by atomic mass is 32.2. The van der Waals surface area contributed by atoms with E-state index in [2.05, 4.69) is 27.8 Å². The van der Waals surface area contributed by atoms with E-state index in [1.807, 2.05) is 30.3 Å². The molecule has 2 rings (SSSR count). The van der Waals surface area contributed by atoms with Gasteiger partial charge >= 0.3 is 0 Å². The molecule has 0 aliphatic heterocycles. The van der Waals surface area contributed by atoms with E-state index in [0.29, 0.717) is 12.3 Å². The van der Waals surface area contributed by atoms with Crippen molar-refractivity contribution >= 4 is 34.1 Å². The molecule has 2 aromatic rings. The molecule has 0 fully saturated rings. The van der Waals surface area contributed by atoms with E-state index in [9.17, 15) is 4.79 Å². The van der Waals surface area contributed by atoms with Gasteiger partial charge in [0.2, 0.25) is 11.0 Å². The number of anilines is 1. The summed E-state index contributed by atoms with van der Waals surface area (Å²) >= 11 is 2.89. The number of hydrogen-bond donors (Lipinski definition) is 2. The third kappa shape index (κ3) is 5.73. The van der Waals surface area contributed by atoms with Crippen LogP contribution in [0.2, 0.25) is 0 Å². The zero-order chi connectivity index (χ0) is 14.9. The van der Waals surface area contributed by atoms with Crippen molar-refractivity contribution < 1.29 is 4.79 Å². The van der Waals surface area contributed by atoms with Gasteiger partial charge in [-0.2, -0.15) is 0 Å². The van der Waals surface area contributed by atoms with Crippen molar-refractivity contribution in [1.82, 2.24) is 15.5 Å². The average Bonchev–Trinajstić information content (AvgIpc) is 2.98. The van der Waals surface area contributed by atoms with Gasteiger partial charge in [-0.3, -0.25) is 4.79 Å². The van der Waals surface area contributed by atoms with Crippen LogP contribution in [0.15, 0.2) is 34.7 Å². The third-order valence-corrected chi connectivity index (χ3v) is 4.61. The van der Waals surface area contributed by atoms with E-state index >= 15 is 0 Å². The summed E-state index contributed by atoms with van der Waals surface area (Å²) in [6.45, 7) is 3.54. The highest BCUT2D eigenvalue weighted by molar-refractivity contribution is 8.01. The van der Waals surface area contributed by atoms with E-state index in [1.54, 1.807) is 0 Å². The zero-order valence-electron chi connectivity index (χ0n) is 11.8. The highest BCUT2D eigenvalue weighted by Crippen LogP contribution is 2.25. The molecule has 0 aliphatic rings. The van der Waals surface area contributed by atoms with Crippen LogP contribution < -0.4 is 10.6 Å². The second kappa shape index (κ2) is 8.63. The molecule has 5 nitrogen and oxygen atoms in total. The predicted octanol–water partition coefficient (Wildman–Crippen LogP) is 2.77. The van der Waals surface area contributed by atoms with Gasteiger partial charge in [0.25, 0.3) is 0 Å². The number of rotatable bonds is 8. The summed E-state index contributed by atoms with van der Waals surface area (Å²) in [6, 6.07) is 9.86. The molecule has 0 saturated carbocycles. The number of hydrogen-bond acceptors (Lipinski definition) is 6. The van der Waals surface area contributed by atoms with E-state index in [-0.39, 0.29) is 5.91 Å². The predicted molar refractivity (Wildman–Crippen MR) is 87.7 cm³/mol. The third-order valence-electron chi connectivity index (χ3n) is 2.59. The van der Waals surface area contributed by atoms with Gasteiger partial charge < -0.3 is 10.6 Å². The molecule has 0 atom stereocenters. The van der Waals surface area contributed by atoms with Gasteiger partial charge in [0.05, 0.1) is 5.75 Å². The largest absolute Gasteiger partial charge is 0.360 e. The summed E-state index contributed by atoms with van der Waals surface area (Å²) in [4.78, 5) is 11.8. The minimum absolute atomic E-state index is 0.00196. The molecular weight excluding hydrogens is 304 g/mol. The Kier molecular flexibility index (Phi) is 6.49. The summed E-state index contributed by atoms with van der Waals surface area (Å²) in [5.74, 6) is 0.358. The molecule has 0 saturated heterocycles. The fraction of sp³-hybridized carbons (Fsp3) is 0.357. The van der Waals surface area contributed by atoms with E-state index in [1.165, 1.54) is 23.1 Å². The van der Waals surface area contributed by atoms with Crippen LogP contribution in [-0.2, 0) is 11.3 Å². The number of nitrogens with one attached hydrogen (secondary N) is 2. The first-order chi connectivity index (χ1) is 10.3. The minimum Gasteiger partial charge on any atom is -0.360 e. The second-order valence-electron chi connectivity index (χ2n) is 4.35. The van der Waals surface area contributed by atoms with Gasteiger partial charge in [-0.1, -0.05) is 60.4 Å². The van der Waals surface area contributed by atoms with Crippen LogP contribution in [-0.4, -0.2) is 28.4 Å². The zero-order valence-corrected chi connectivity index (χ0v) is 13.5. The van der Waals surface area contributed by atoms with Gasteiger partial charge in [0.15, 0.2) is 4.34 Å². The molecule has 0 spiro atoms. The van der Waals surface area contributed by atoms with E-state index in [4.69, 9.17) is 0 Å². The Morgan fingerprint density at radius 1 is 1.29 bits per heavy atom. The lowest BCUT2D eigenvalue weighted by Crippen LogP contribution is -2.24. The molecule has 1 amide bonds. The van der Waals surface area contributed by atoms with Gasteiger partial charge in [0, 0.05) is 13.1 Å². The number of carbonyl (C=O) groups is 1. The molecule has 1 aromatic heterocycles. The molecule has 2 N–H and O–H groups in total. The number of aromatic nitrogens is 2. The summed E-state index contributed by atoms with van der Waals surface area (Å²) in [7, 11) is 0. The van der Waals surface area contributed by atoms with Crippen molar-refractivity contribution in [3.05, 3.63) is 35.9 Å². The Hall–Kier alpha value is -1.60. The lowest BCUT2D eigenvalue weighted by molar-refractivity contribution is -0.118. The van der Waals surface area contributed by atoms with Crippen molar-refractivity contribution in [2.75, 3.05) is 17.6 Å². The number of thioether (sulfide) groups is 1. The first kappa shape index (κ1) is 15.8. The molecule has 0 radical (unpaired) electrons. The molecule has 0 bridgehead atoms. The van der Waals surface area contributed by atoms with Crippen LogP contribution in [0.4, 0.5) is 5.13 Å². The lowest BCUT2D eigenvalue weighted by Gasteiger charge is -2.03. The summed E-state index contributed by atoms with van der Waals surface area (Å²) in [5, 5.41) is 15.0. The maximum absolute atomic E-state index is 11.8. The Bertz CT molecular complexity index is 559. The van der Waals surface area contributed by atoms with Gasteiger partial charge in [-0.05, 0) is 12.0 Å². The Morgan fingerprint density at radius 3 is 2.86 bits per heavy atom. The topological polar surface area (TPSA) is 66.9 Å². The summed E-state index contributed by atoms with van der Waals surface area (Å²) in [6.07, 6.45) is 1.05. The van der Waals surface area contributed by atoms with Crippen molar-refractivity contribution in [2.45, 2.75) is 24.2 Å². The highest BCUT2D eigenvalue weighted by Gasteiger charge is 2.07. The number of nitrogens with zero attached hydrogens (tertiary/aromatic N) is 2. The summed E-state index contributed by atoms with van der Waals surface area (Å²) in [5.41, 5.74) is 1.10. The molecule has 21 heavy (non-hydrogen) atoms. The van der Waals surface area contributed by atoms with Crippen molar-refractivity contribution in [2.24, 2.45) is 0 Å². The fourth-order valence-corrected chi connectivity index (χ4v) is 3.15. The normalized spacial score (nSPS) is 10.3. The van der Waals surface area contributed by atoms with Gasteiger partial charge in [-0.25, -0.2) is 0 Å². The Morgan fingerprint density at radius 2 is 2.10 bits per heavy atom. The monoisotopic (exact) mass is 322 g/mol. The van der Waals surface area contributed by atoms with Gasteiger partial charge in [-0.15, -0.1) is 10.2 Å². The fourth-order valence-electron chi connectivity index (χ4n) is 1.55. The van der Waals surface area contributed by atoms with E-state index in [0.717, 1.165) is 28.0 Å². The number of benzene rings is 1. The van der Waals surface area contributed by atoms with Crippen LogP contribution in [0.5, 0.6) is 0 Å². The SMILES string of the molecule is CCCNc1nnc(SCC(=O)NCc2ccccc2)s1. The van der Waals surface area contributed by atoms with Gasteiger partial charge in [0.1, 0.15) is 0 Å². The van der Waals surface area contributed by atoms with Crippen LogP contribution in [0.25, 0.3) is 0 Å². The smallest absolute Gasteiger partial charge is 0.230 e. The second-order valence-corrected chi connectivity index (χ2v) is 6.55. The van der Waals surface area contributed by atoms with Crippen molar-refractivity contribution in [1.29, 1.82) is 0 Å². The molecule has 7 heteroatoms. The molecule has 1 aromatic carbocycles. The number of amides is 1. The Labute approximate surface area is 132 Å². The maximum atomic E-state index is 11.8. The first-order valence-electron chi connectivity index (χ1n) is 6.78. The van der Waals surface area contributed by atoms with Crippen molar-refractivity contribution in [3.63, 3.8) is 0 Å². The molecule has 0 aliphatic carbocycles. The minimum atomic E-state index is 0.00196. The maximum Gasteiger partial charge on any atom is 0.230 e. The van der Waals surface area contributed by atoms with Crippen LogP contribution >= 0.6 is 23.1 Å². The molecular formula is C14H18N4OS2.